The standard InChI is InChI=1S/C15H24N2/c1-2-4-10-15(9-3-1)17-12-6-8-14-7-5-11-16-13-14/h5,7,11,13,15,17H,1-4,6,8-10,12H2. The molecule has 1 aliphatic carbocycles. The molecule has 0 aromatic carbocycles. The Morgan fingerprint density at radius 1 is 1.18 bits per heavy atom. The first-order valence-corrected chi connectivity index (χ1v) is 7.07. The molecular weight excluding hydrogens is 208 g/mol. The van der Waals surface area contributed by atoms with Crippen LogP contribution in [0.5, 0.6) is 0 Å². The van der Waals surface area contributed by atoms with Crippen LogP contribution < -0.4 is 5.32 Å². The van der Waals surface area contributed by atoms with Crippen molar-refractivity contribution < 1.29 is 0 Å². The van der Waals surface area contributed by atoms with Gasteiger partial charge in [-0.15, -0.1) is 0 Å². The highest BCUT2D eigenvalue weighted by Crippen LogP contribution is 2.17. The Kier molecular flexibility index (Phi) is 5.50. The number of nitrogens with zero attached hydrogens (tertiary/aromatic N) is 1. The summed E-state index contributed by atoms with van der Waals surface area (Å²) in [5, 5.41) is 3.71. The van der Waals surface area contributed by atoms with E-state index in [1.807, 2.05) is 18.5 Å². The molecule has 0 amide bonds. The van der Waals surface area contributed by atoms with Crippen LogP contribution in [-0.4, -0.2) is 17.6 Å². The van der Waals surface area contributed by atoms with E-state index in [4.69, 9.17) is 0 Å². The minimum atomic E-state index is 0.784. The quantitative estimate of drug-likeness (QED) is 0.622. The summed E-state index contributed by atoms with van der Waals surface area (Å²) in [4.78, 5) is 4.15. The molecule has 0 radical (unpaired) electrons. The zero-order valence-electron chi connectivity index (χ0n) is 10.7. The number of hydrogen-bond donors (Lipinski definition) is 1. The molecule has 2 heteroatoms. The van der Waals surface area contributed by atoms with Gasteiger partial charge in [-0.25, -0.2) is 0 Å². The molecule has 0 spiro atoms. The summed E-state index contributed by atoms with van der Waals surface area (Å²) >= 11 is 0. The summed E-state index contributed by atoms with van der Waals surface area (Å²) in [5.74, 6) is 0. The van der Waals surface area contributed by atoms with Gasteiger partial charge in [-0.05, 0) is 43.9 Å². The van der Waals surface area contributed by atoms with Gasteiger partial charge in [0.15, 0.2) is 0 Å². The molecule has 1 saturated carbocycles. The largest absolute Gasteiger partial charge is 0.314 e. The maximum Gasteiger partial charge on any atom is 0.0299 e. The van der Waals surface area contributed by atoms with Crippen LogP contribution in [0, 0.1) is 0 Å². The lowest BCUT2D eigenvalue weighted by Gasteiger charge is -2.15. The number of hydrogen-bond acceptors (Lipinski definition) is 2. The van der Waals surface area contributed by atoms with Crippen LogP contribution in [0.3, 0.4) is 0 Å². The van der Waals surface area contributed by atoms with Crippen molar-refractivity contribution in [3.8, 4) is 0 Å². The van der Waals surface area contributed by atoms with Crippen molar-refractivity contribution >= 4 is 0 Å². The molecule has 94 valence electrons. The maximum absolute atomic E-state index is 4.15. The topological polar surface area (TPSA) is 24.9 Å². The van der Waals surface area contributed by atoms with Gasteiger partial charge in [0, 0.05) is 18.4 Å². The van der Waals surface area contributed by atoms with E-state index in [9.17, 15) is 0 Å². The Morgan fingerprint density at radius 2 is 2.00 bits per heavy atom. The van der Waals surface area contributed by atoms with E-state index >= 15 is 0 Å². The lowest BCUT2D eigenvalue weighted by molar-refractivity contribution is 0.456. The van der Waals surface area contributed by atoms with Crippen molar-refractivity contribution in [2.45, 2.75) is 57.4 Å². The lowest BCUT2D eigenvalue weighted by atomic mass is 10.1. The molecule has 17 heavy (non-hydrogen) atoms. The van der Waals surface area contributed by atoms with Crippen molar-refractivity contribution in [2.75, 3.05) is 6.54 Å². The Hall–Kier alpha value is -0.890. The molecule has 1 fully saturated rings. The molecule has 0 aliphatic heterocycles. The normalized spacial score (nSPS) is 17.9. The Morgan fingerprint density at radius 3 is 2.71 bits per heavy atom. The van der Waals surface area contributed by atoms with Gasteiger partial charge < -0.3 is 5.32 Å². The third-order valence-corrected chi connectivity index (χ3v) is 3.65. The summed E-state index contributed by atoms with van der Waals surface area (Å²) in [6, 6.07) is 4.97. The molecule has 0 atom stereocenters. The summed E-state index contributed by atoms with van der Waals surface area (Å²) < 4.78 is 0. The van der Waals surface area contributed by atoms with E-state index in [1.54, 1.807) is 0 Å². The molecule has 2 nitrogen and oxygen atoms in total. The molecule has 0 saturated heterocycles. The second kappa shape index (κ2) is 7.44. The Bertz CT molecular complexity index is 289. The van der Waals surface area contributed by atoms with Crippen molar-refractivity contribution in [3.63, 3.8) is 0 Å². The molecule has 1 heterocycles. The Balaban J connectivity index is 1.59. The Labute approximate surface area is 105 Å². The highest BCUT2D eigenvalue weighted by molar-refractivity contribution is 5.08. The van der Waals surface area contributed by atoms with Gasteiger partial charge in [-0.3, -0.25) is 4.98 Å². The predicted octanol–water partition coefficient (Wildman–Crippen LogP) is 3.33. The second-order valence-electron chi connectivity index (χ2n) is 5.11. The van der Waals surface area contributed by atoms with Gasteiger partial charge in [0.05, 0.1) is 0 Å². The fraction of sp³-hybridized carbons (Fsp3) is 0.667. The average Bonchev–Trinajstić information content (AvgIpc) is 2.65. The van der Waals surface area contributed by atoms with Crippen molar-refractivity contribution in [1.82, 2.24) is 10.3 Å². The minimum Gasteiger partial charge on any atom is -0.314 e. The van der Waals surface area contributed by atoms with E-state index in [0.717, 1.165) is 19.0 Å². The summed E-state index contributed by atoms with van der Waals surface area (Å²) in [6.07, 6.45) is 14.7. The van der Waals surface area contributed by atoms with Crippen molar-refractivity contribution in [3.05, 3.63) is 30.1 Å². The molecule has 1 aromatic heterocycles. The molecule has 1 aliphatic rings. The summed E-state index contributed by atoms with van der Waals surface area (Å²) in [6.45, 7) is 1.15. The number of nitrogens with one attached hydrogen (secondary N) is 1. The molecular formula is C15H24N2. The number of rotatable bonds is 5. The van der Waals surface area contributed by atoms with Gasteiger partial charge in [0.1, 0.15) is 0 Å². The number of pyridine rings is 1. The third kappa shape index (κ3) is 4.86. The van der Waals surface area contributed by atoms with Crippen LogP contribution in [0.2, 0.25) is 0 Å². The van der Waals surface area contributed by atoms with Crippen molar-refractivity contribution in [1.29, 1.82) is 0 Å². The van der Waals surface area contributed by atoms with Gasteiger partial charge in [-0.2, -0.15) is 0 Å². The SMILES string of the molecule is c1cncc(CCCNC2CCCCCC2)c1. The van der Waals surface area contributed by atoms with Crippen LogP contribution in [-0.2, 0) is 6.42 Å². The molecule has 2 rings (SSSR count). The minimum absolute atomic E-state index is 0.784. The summed E-state index contributed by atoms with van der Waals surface area (Å²) in [5.41, 5.74) is 1.36. The third-order valence-electron chi connectivity index (χ3n) is 3.65. The average molecular weight is 232 g/mol. The first-order valence-electron chi connectivity index (χ1n) is 7.07. The highest BCUT2D eigenvalue weighted by atomic mass is 14.9. The van der Waals surface area contributed by atoms with Crippen LogP contribution in [0.4, 0.5) is 0 Å². The zero-order chi connectivity index (χ0) is 11.8. The van der Waals surface area contributed by atoms with Crippen LogP contribution >= 0.6 is 0 Å². The van der Waals surface area contributed by atoms with Crippen LogP contribution in [0.15, 0.2) is 24.5 Å². The van der Waals surface area contributed by atoms with E-state index < -0.39 is 0 Å². The van der Waals surface area contributed by atoms with Crippen LogP contribution in [0.25, 0.3) is 0 Å². The number of aromatic nitrogens is 1. The van der Waals surface area contributed by atoms with Gasteiger partial charge in [0.2, 0.25) is 0 Å². The second-order valence-corrected chi connectivity index (χ2v) is 5.11. The summed E-state index contributed by atoms with van der Waals surface area (Å²) in [7, 11) is 0. The highest BCUT2D eigenvalue weighted by Gasteiger charge is 2.10. The fourth-order valence-corrected chi connectivity index (χ4v) is 2.63. The molecule has 0 unspecified atom stereocenters. The monoisotopic (exact) mass is 232 g/mol. The van der Waals surface area contributed by atoms with E-state index in [0.29, 0.717) is 0 Å². The smallest absolute Gasteiger partial charge is 0.0299 e. The fourth-order valence-electron chi connectivity index (χ4n) is 2.63. The molecule has 1 aromatic rings. The van der Waals surface area contributed by atoms with Gasteiger partial charge >= 0.3 is 0 Å². The van der Waals surface area contributed by atoms with Gasteiger partial charge in [-0.1, -0.05) is 31.7 Å². The van der Waals surface area contributed by atoms with E-state index in [1.165, 1.54) is 50.5 Å². The maximum atomic E-state index is 4.15. The molecule has 0 bridgehead atoms. The zero-order valence-corrected chi connectivity index (χ0v) is 10.7. The number of aryl methyl sites for hydroxylation is 1. The first-order chi connectivity index (χ1) is 8.45. The molecule has 1 N–H and O–H groups in total. The van der Waals surface area contributed by atoms with Crippen molar-refractivity contribution in [2.24, 2.45) is 0 Å². The van der Waals surface area contributed by atoms with E-state index in [2.05, 4.69) is 16.4 Å². The lowest BCUT2D eigenvalue weighted by Crippen LogP contribution is -2.29. The first kappa shape index (κ1) is 12.6. The van der Waals surface area contributed by atoms with E-state index in [-0.39, 0.29) is 0 Å². The van der Waals surface area contributed by atoms with Crippen LogP contribution in [0.1, 0.15) is 50.5 Å². The van der Waals surface area contributed by atoms with Gasteiger partial charge in [0.25, 0.3) is 0 Å². The predicted molar refractivity (Wildman–Crippen MR) is 72.1 cm³/mol.